The minimum Gasteiger partial charge on any atom is -0.497 e. The number of aromatic nitrogens is 3. The van der Waals surface area contributed by atoms with Crippen LogP contribution in [-0.2, 0) is 5.75 Å². The zero-order chi connectivity index (χ0) is 19.3. The molecule has 0 aliphatic rings. The molecule has 0 saturated carbocycles. The van der Waals surface area contributed by atoms with Crippen molar-refractivity contribution in [3.8, 4) is 33.5 Å². The first-order valence-electron chi connectivity index (χ1n) is 8.45. The third kappa shape index (κ3) is 4.02. The van der Waals surface area contributed by atoms with Gasteiger partial charge < -0.3 is 13.9 Å². The van der Waals surface area contributed by atoms with Gasteiger partial charge in [-0.2, -0.15) is 0 Å². The number of benzene rings is 2. The molecule has 8 heteroatoms. The highest BCUT2D eigenvalue weighted by molar-refractivity contribution is 7.98. The second-order valence-electron chi connectivity index (χ2n) is 5.73. The summed E-state index contributed by atoms with van der Waals surface area (Å²) >= 11 is 3.07. The Balaban J connectivity index is 1.43. The van der Waals surface area contributed by atoms with Gasteiger partial charge in [-0.15, -0.1) is 21.5 Å². The third-order valence-corrected chi connectivity index (χ3v) is 5.77. The first kappa shape index (κ1) is 18.5. The number of methoxy groups -OCH3 is 2. The minimum atomic E-state index is 0.442. The minimum absolute atomic E-state index is 0.442. The van der Waals surface area contributed by atoms with Gasteiger partial charge in [0.1, 0.15) is 16.5 Å². The third-order valence-electron chi connectivity index (χ3n) is 3.98. The van der Waals surface area contributed by atoms with E-state index in [-0.39, 0.29) is 0 Å². The average molecular weight is 412 g/mol. The van der Waals surface area contributed by atoms with Crippen molar-refractivity contribution in [2.75, 3.05) is 14.2 Å². The van der Waals surface area contributed by atoms with E-state index in [1.165, 1.54) is 11.8 Å². The average Bonchev–Trinajstić information content (AvgIpc) is 3.42. The van der Waals surface area contributed by atoms with Crippen LogP contribution < -0.4 is 9.47 Å². The molecule has 0 spiro atoms. The van der Waals surface area contributed by atoms with E-state index in [9.17, 15) is 0 Å². The van der Waals surface area contributed by atoms with Gasteiger partial charge in [-0.3, -0.25) is 0 Å². The Hall–Kier alpha value is -2.84. The lowest BCUT2D eigenvalue weighted by Crippen LogP contribution is -1.87. The van der Waals surface area contributed by atoms with Gasteiger partial charge in [-0.05, 0) is 36.4 Å². The van der Waals surface area contributed by atoms with Crippen molar-refractivity contribution in [1.82, 2.24) is 15.2 Å². The van der Waals surface area contributed by atoms with Gasteiger partial charge in [0.25, 0.3) is 11.1 Å². The molecule has 0 saturated heterocycles. The van der Waals surface area contributed by atoms with Crippen LogP contribution in [0.3, 0.4) is 0 Å². The van der Waals surface area contributed by atoms with Crippen molar-refractivity contribution < 1.29 is 13.9 Å². The molecule has 4 rings (SSSR count). The van der Waals surface area contributed by atoms with Gasteiger partial charge in [0.2, 0.25) is 0 Å². The van der Waals surface area contributed by atoms with Gasteiger partial charge in [-0.1, -0.05) is 23.9 Å². The number of hydrogen-bond donors (Lipinski definition) is 0. The summed E-state index contributed by atoms with van der Waals surface area (Å²) in [5, 5.41) is 11.8. The molecule has 2 heterocycles. The van der Waals surface area contributed by atoms with Crippen molar-refractivity contribution in [3.05, 3.63) is 59.6 Å². The molecular formula is C20H17N3O3S2. The van der Waals surface area contributed by atoms with E-state index in [1.54, 1.807) is 25.6 Å². The largest absolute Gasteiger partial charge is 0.497 e. The molecule has 0 bridgehead atoms. The highest BCUT2D eigenvalue weighted by Gasteiger charge is 2.14. The zero-order valence-corrected chi connectivity index (χ0v) is 16.9. The van der Waals surface area contributed by atoms with Crippen molar-refractivity contribution in [3.63, 3.8) is 0 Å². The van der Waals surface area contributed by atoms with Gasteiger partial charge in [-0.25, -0.2) is 4.98 Å². The summed E-state index contributed by atoms with van der Waals surface area (Å²) in [4.78, 5) is 4.69. The first-order valence-corrected chi connectivity index (χ1v) is 10.3. The molecular weight excluding hydrogens is 394 g/mol. The Morgan fingerprint density at radius 2 is 1.82 bits per heavy atom. The second-order valence-corrected chi connectivity index (χ2v) is 7.52. The highest BCUT2D eigenvalue weighted by atomic mass is 32.2. The summed E-state index contributed by atoms with van der Waals surface area (Å²) in [5.74, 6) is 2.63. The predicted molar refractivity (Wildman–Crippen MR) is 110 cm³/mol. The molecule has 0 amide bonds. The quantitative estimate of drug-likeness (QED) is 0.389. The lowest BCUT2D eigenvalue weighted by Gasteiger charge is -2.03. The summed E-state index contributed by atoms with van der Waals surface area (Å²) in [6, 6.07) is 15.4. The number of nitrogens with zero attached hydrogens (tertiary/aromatic N) is 3. The fraction of sp³-hybridized carbons (Fsp3) is 0.150. The number of ether oxygens (including phenoxy) is 2. The Kier molecular flexibility index (Phi) is 5.59. The molecule has 28 heavy (non-hydrogen) atoms. The number of para-hydroxylation sites is 1. The summed E-state index contributed by atoms with van der Waals surface area (Å²) in [5.41, 5.74) is 2.82. The van der Waals surface area contributed by atoms with E-state index >= 15 is 0 Å². The van der Waals surface area contributed by atoms with Crippen LogP contribution in [0.25, 0.3) is 22.0 Å². The van der Waals surface area contributed by atoms with Gasteiger partial charge in [0.15, 0.2) is 0 Å². The van der Waals surface area contributed by atoms with Crippen LogP contribution in [0.5, 0.6) is 11.5 Å². The molecule has 0 fully saturated rings. The van der Waals surface area contributed by atoms with E-state index in [1.807, 2.05) is 53.9 Å². The highest BCUT2D eigenvalue weighted by Crippen LogP contribution is 2.32. The number of hydrogen-bond acceptors (Lipinski definition) is 8. The molecule has 4 aromatic rings. The fourth-order valence-electron chi connectivity index (χ4n) is 2.57. The lowest BCUT2D eigenvalue weighted by atomic mass is 10.2. The Labute approximate surface area is 170 Å². The number of thiazole rings is 1. The maximum Gasteiger partial charge on any atom is 0.277 e. The van der Waals surface area contributed by atoms with E-state index in [0.717, 1.165) is 27.6 Å². The topological polar surface area (TPSA) is 70.3 Å². The molecule has 0 unspecified atom stereocenters. The SMILES string of the molecule is COc1ccc(-c2nc(CSc3nnc(-c4ccccc4OC)o3)cs2)cc1. The van der Waals surface area contributed by atoms with E-state index in [4.69, 9.17) is 18.9 Å². The van der Waals surface area contributed by atoms with Gasteiger partial charge in [0.05, 0.1) is 25.5 Å². The lowest BCUT2D eigenvalue weighted by molar-refractivity contribution is 0.411. The molecule has 0 aliphatic carbocycles. The van der Waals surface area contributed by atoms with Crippen molar-refractivity contribution >= 4 is 23.1 Å². The van der Waals surface area contributed by atoms with Crippen LogP contribution in [0, 0.1) is 0 Å². The molecule has 0 atom stereocenters. The smallest absolute Gasteiger partial charge is 0.277 e. The number of thioether (sulfide) groups is 1. The fourth-order valence-corrected chi connectivity index (χ4v) is 4.16. The van der Waals surface area contributed by atoms with Crippen molar-refractivity contribution in [1.29, 1.82) is 0 Å². The molecule has 0 N–H and O–H groups in total. The van der Waals surface area contributed by atoms with Crippen LogP contribution in [-0.4, -0.2) is 29.4 Å². The molecule has 2 aromatic heterocycles. The van der Waals surface area contributed by atoms with E-state index < -0.39 is 0 Å². The molecule has 0 aliphatic heterocycles. The van der Waals surface area contributed by atoms with Crippen molar-refractivity contribution in [2.24, 2.45) is 0 Å². The summed E-state index contributed by atoms with van der Waals surface area (Å²) in [6.45, 7) is 0. The predicted octanol–water partition coefficient (Wildman–Crippen LogP) is 5.17. The van der Waals surface area contributed by atoms with Crippen LogP contribution in [0.2, 0.25) is 0 Å². The van der Waals surface area contributed by atoms with E-state index in [2.05, 4.69) is 10.2 Å². The summed E-state index contributed by atoms with van der Waals surface area (Å²) in [6.07, 6.45) is 0. The Morgan fingerprint density at radius 1 is 1.00 bits per heavy atom. The first-order chi connectivity index (χ1) is 13.8. The van der Waals surface area contributed by atoms with Crippen LogP contribution in [0.1, 0.15) is 5.69 Å². The number of rotatable bonds is 7. The summed E-state index contributed by atoms with van der Waals surface area (Å²) in [7, 11) is 3.28. The summed E-state index contributed by atoms with van der Waals surface area (Å²) < 4.78 is 16.3. The Bertz CT molecular complexity index is 1060. The standard InChI is InChI=1S/C20H17N3O3S2/c1-24-15-9-7-13(8-10-15)19-21-14(11-27-19)12-28-20-23-22-18(26-20)16-5-3-4-6-17(16)25-2/h3-11H,12H2,1-2H3. The maximum absolute atomic E-state index is 5.77. The molecule has 142 valence electrons. The van der Waals surface area contributed by atoms with E-state index in [0.29, 0.717) is 22.6 Å². The second kappa shape index (κ2) is 8.45. The van der Waals surface area contributed by atoms with Crippen LogP contribution in [0.15, 0.2) is 63.6 Å². The van der Waals surface area contributed by atoms with Crippen LogP contribution in [0.4, 0.5) is 0 Å². The maximum atomic E-state index is 5.77. The molecule has 2 aromatic carbocycles. The van der Waals surface area contributed by atoms with Gasteiger partial charge in [0, 0.05) is 16.7 Å². The molecule has 0 radical (unpaired) electrons. The normalized spacial score (nSPS) is 10.8. The molecule has 6 nitrogen and oxygen atoms in total. The van der Waals surface area contributed by atoms with Crippen molar-refractivity contribution in [2.45, 2.75) is 11.0 Å². The zero-order valence-electron chi connectivity index (χ0n) is 15.3. The Morgan fingerprint density at radius 3 is 2.61 bits per heavy atom. The van der Waals surface area contributed by atoms with Crippen LogP contribution >= 0.6 is 23.1 Å². The monoisotopic (exact) mass is 411 g/mol. The van der Waals surface area contributed by atoms with Gasteiger partial charge >= 0.3 is 0 Å².